The highest BCUT2D eigenvalue weighted by Crippen LogP contribution is 2.34. The van der Waals surface area contributed by atoms with Gasteiger partial charge in [-0.1, -0.05) is 0 Å². The number of fused-ring (bicyclic) bond motifs is 4. The van der Waals surface area contributed by atoms with Crippen LogP contribution < -0.4 is 0 Å². The van der Waals surface area contributed by atoms with E-state index in [-0.39, 0.29) is 58.8 Å². The van der Waals surface area contributed by atoms with Crippen molar-refractivity contribution in [3.63, 3.8) is 0 Å². The summed E-state index contributed by atoms with van der Waals surface area (Å²) in [6.07, 6.45) is -0.387. The quantitative estimate of drug-likeness (QED) is 0.317. The third kappa shape index (κ3) is 5.00. The van der Waals surface area contributed by atoms with Gasteiger partial charge in [-0.05, 0) is 39.7 Å². The molecule has 2 atom stereocenters. The van der Waals surface area contributed by atoms with Crippen molar-refractivity contribution in [2.45, 2.75) is 64.0 Å². The Hall–Kier alpha value is -4.30. The summed E-state index contributed by atoms with van der Waals surface area (Å²) < 4.78 is 76.1. The van der Waals surface area contributed by atoms with Crippen molar-refractivity contribution in [2.75, 3.05) is 13.1 Å². The number of pyridine rings is 2. The first-order valence-electron chi connectivity index (χ1n) is 13.2. The Morgan fingerprint density at radius 3 is 2.36 bits per heavy atom. The lowest BCUT2D eigenvalue weighted by Crippen LogP contribution is -2.58. The number of aromatic nitrogens is 5. The highest BCUT2D eigenvalue weighted by atomic mass is 19.4. The van der Waals surface area contributed by atoms with Gasteiger partial charge in [0.05, 0.1) is 29.5 Å². The van der Waals surface area contributed by atoms with Gasteiger partial charge in [-0.2, -0.15) is 18.3 Å². The van der Waals surface area contributed by atoms with Crippen LogP contribution in [0.1, 0.15) is 44.1 Å². The number of nitrogens with zero attached hydrogens (tertiary/aromatic N) is 7. The van der Waals surface area contributed by atoms with E-state index < -0.39 is 42.0 Å². The average Bonchev–Trinajstić information content (AvgIpc) is 3.53. The van der Waals surface area contributed by atoms with Crippen LogP contribution in [0.3, 0.4) is 0 Å². The fraction of sp³-hybridized carbons (Fsp3) is 0.444. The van der Waals surface area contributed by atoms with E-state index in [9.17, 15) is 31.5 Å². The van der Waals surface area contributed by atoms with Gasteiger partial charge in [-0.25, -0.2) is 18.6 Å². The molecule has 15 heteroatoms. The molecule has 0 spiro atoms. The number of halogens is 5. The number of carbonyl (C=O) groups is 2. The van der Waals surface area contributed by atoms with Crippen LogP contribution in [-0.2, 0) is 11.3 Å². The summed E-state index contributed by atoms with van der Waals surface area (Å²) in [6.45, 7) is 4.29. The summed E-state index contributed by atoms with van der Waals surface area (Å²) in [5.41, 5.74) is -1.04. The molecule has 4 aromatic heterocycles. The molecule has 6 rings (SSSR count). The van der Waals surface area contributed by atoms with E-state index in [1.54, 1.807) is 30.6 Å². The SMILES string of the molecule is CC(C)(C)OC(=O)N1C2CCC1CN(C(=O)c1cc3c(cn1)c(-c1cnc4c(F)cc(F)cn14)nn3CC(F)(F)F)C2. The van der Waals surface area contributed by atoms with Crippen LogP contribution in [0.15, 0.2) is 30.7 Å². The molecule has 2 aliphatic heterocycles. The topological polar surface area (TPSA) is 97.9 Å². The van der Waals surface area contributed by atoms with E-state index in [1.807, 2.05) is 0 Å². The minimum absolute atomic E-state index is 0.0390. The largest absolute Gasteiger partial charge is 0.444 e. The second-order valence-corrected chi connectivity index (χ2v) is 11.5. The smallest absolute Gasteiger partial charge is 0.410 e. The van der Waals surface area contributed by atoms with Gasteiger partial charge in [0, 0.05) is 36.9 Å². The number of amides is 2. The predicted octanol–water partition coefficient (Wildman–Crippen LogP) is 4.81. The third-order valence-electron chi connectivity index (χ3n) is 7.33. The van der Waals surface area contributed by atoms with Gasteiger partial charge < -0.3 is 9.64 Å². The van der Waals surface area contributed by atoms with Crippen LogP contribution in [-0.4, -0.2) is 82.9 Å². The van der Waals surface area contributed by atoms with Crippen LogP contribution in [0.4, 0.5) is 26.7 Å². The second-order valence-electron chi connectivity index (χ2n) is 11.5. The summed E-state index contributed by atoms with van der Waals surface area (Å²) in [5, 5.41) is 4.24. The van der Waals surface area contributed by atoms with E-state index in [0.29, 0.717) is 23.6 Å². The van der Waals surface area contributed by atoms with Crippen molar-refractivity contribution in [1.29, 1.82) is 0 Å². The molecule has 2 aliphatic rings. The fourth-order valence-electron chi connectivity index (χ4n) is 5.70. The molecular weight excluding hydrogens is 565 g/mol. The highest BCUT2D eigenvalue weighted by molar-refractivity contribution is 5.99. The Labute approximate surface area is 235 Å². The first-order valence-corrected chi connectivity index (χ1v) is 13.2. The molecule has 2 amide bonds. The zero-order chi connectivity index (χ0) is 30.1. The molecule has 0 N–H and O–H groups in total. The zero-order valence-corrected chi connectivity index (χ0v) is 22.8. The first kappa shape index (κ1) is 27.8. The Kier molecular flexibility index (Phi) is 6.38. The van der Waals surface area contributed by atoms with E-state index in [0.717, 1.165) is 10.6 Å². The third-order valence-corrected chi connectivity index (χ3v) is 7.33. The molecule has 4 aromatic rings. The monoisotopic (exact) mass is 591 g/mol. The van der Waals surface area contributed by atoms with Crippen LogP contribution in [0.2, 0.25) is 0 Å². The predicted molar refractivity (Wildman–Crippen MR) is 138 cm³/mol. The molecule has 10 nitrogen and oxygen atoms in total. The molecular formula is C27H26F5N7O3. The molecule has 222 valence electrons. The van der Waals surface area contributed by atoms with Crippen LogP contribution in [0.5, 0.6) is 0 Å². The maximum Gasteiger partial charge on any atom is 0.410 e. The van der Waals surface area contributed by atoms with Crippen molar-refractivity contribution in [1.82, 2.24) is 33.9 Å². The van der Waals surface area contributed by atoms with Crippen LogP contribution in [0, 0.1) is 11.6 Å². The molecule has 0 aromatic carbocycles. The second kappa shape index (κ2) is 9.63. The first-order chi connectivity index (χ1) is 19.7. The van der Waals surface area contributed by atoms with Gasteiger partial charge in [0.2, 0.25) is 0 Å². The molecule has 2 bridgehead atoms. The van der Waals surface area contributed by atoms with E-state index >= 15 is 0 Å². The number of rotatable bonds is 3. The van der Waals surface area contributed by atoms with Crippen LogP contribution in [0.25, 0.3) is 27.9 Å². The standard InChI is InChI=1S/C27H26F5N7O3/c1-26(2,3)42-25(41)39-15-4-5-16(39)12-36(11-15)24(40)19-7-20-17(8-33-19)22(35-38(20)13-27(30,31)32)21-9-34-23-18(29)6-14(28)10-37(21)23/h6-10,15-16H,4-5,11-13H2,1-3H3. The number of likely N-dealkylation sites (tertiary alicyclic amines) is 1. The fourth-order valence-corrected chi connectivity index (χ4v) is 5.70. The highest BCUT2D eigenvalue weighted by Gasteiger charge is 2.45. The average molecular weight is 592 g/mol. The van der Waals surface area contributed by atoms with Crippen LogP contribution >= 0.6 is 0 Å². The maximum absolute atomic E-state index is 14.3. The van der Waals surface area contributed by atoms with Gasteiger partial charge in [0.15, 0.2) is 11.5 Å². The number of hydrogen-bond donors (Lipinski definition) is 0. The number of carbonyl (C=O) groups excluding carboxylic acids is 2. The summed E-state index contributed by atoms with van der Waals surface area (Å²) >= 11 is 0. The molecule has 0 saturated carbocycles. The minimum atomic E-state index is -4.65. The molecule has 2 fully saturated rings. The van der Waals surface area contributed by atoms with Gasteiger partial charge in [0.25, 0.3) is 5.91 Å². The van der Waals surface area contributed by atoms with Crippen molar-refractivity contribution >= 4 is 28.6 Å². The van der Waals surface area contributed by atoms with Gasteiger partial charge in [-0.15, -0.1) is 0 Å². The molecule has 2 saturated heterocycles. The number of hydrogen-bond acceptors (Lipinski definition) is 6. The molecule has 0 aliphatic carbocycles. The summed E-state index contributed by atoms with van der Waals surface area (Å²) in [4.78, 5) is 37.7. The van der Waals surface area contributed by atoms with E-state index in [2.05, 4.69) is 15.1 Å². The summed E-state index contributed by atoms with van der Waals surface area (Å²) in [6, 6.07) is 1.35. The number of ether oxygens (including phenoxy) is 1. The van der Waals surface area contributed by atoms with E-state index in [1.165, 1.54) is 18.5 Å². The lowest BCUT2D eigenvalue weighted by Gasteiger charge is -2.41. The van der Waals surface area contributed by atoms with Gasteiger partial charge in [-0.3, -0.25) is 23.8 Å². The number of imidazole rings is 1. The van der Waals surface area contributed by atoms with Crippen molar-refractivity contribution in [3.05, 3.63) is 48.1 Å². The molecule has 0 radical (unpaired) electrons. The summed E-state index contributed by atoms with van der Waals surface area (Å²) in [7, 11) is 0. The number of piperazine rings is 1. The zero-order valence-electron chi connectivity index (χ0n) is 22.8. The Bertz CT molecular complexity index is 1710. The normalized spacial score (nSPS) is 19.2. The molecule has 2 unspecified atom stereocenters. The lowest BCUT2D eigenvalue weighted by atomic mass is 10.1. The Morgan fingerprint density at radius 2 is 1.71 bits per heavy atom. The Morgan fingerprint density at radius 1 is 1.02 bits per heavy atom. The Balaban J connectivity index is 1.34. The van der Waals surface area contributed by atoms with Crippen molar-refractivity contribution < 1.29 is 36.3 Å². The van der Waals surface area contributed by atoms with Crippen molar-refractivity contribution in [2.24, 2.45) is 0 Å². The maximum atomic E-state index is 14.3. The molecule has 42 heavy (non-hydrogen) atoms. The van der Waals surface area contributed by atoms with E-state index in [4.69, 9.17) is 4.74 Å². The number of alkyl halides is 3. The van der Waals surface area contributed by atoms with Gasteiger partial charge >= 0.3 is 12.3 Å². The lowest BCUT2D eigenvalue weighted by molar-refractivity contribution is -0.141. The minimum Gasteiger partial charge on any atom is -0.444 e. The van der Waals surface area contributed by atoms with Gasteiger partial charge in [0.1, 0.15) is 29.4 Å². The molecule has 6 heterocycles. The summed E-state index contributed by atoms with van der Waals surface area (Å²) in [5.74, 6) is -2.37. The van der Waals surface area contributed by atoms with Crippen molar-refractivity contribution in [3.8, 4) is 11.4 Å².